The molecule has 0 amide bonds. The van der Waals surface area contributed by atoms with Gasteiger partial charge in [0.25, 0.3) is 0 Å². The minimum Gasteiger partial charge on any atom is -0.495 e. The normalized spacial score (nSPS) is 14.4. The van der Waals surface area contributed by atoms with Crippen LogP contribution < -0.4 is 10.1 Å². The van der Waals surface area contributed by atoms with Gasteiger partial charge in [0, 0.05) is 6.54 Å². The Kier molecular flexibility index (Phi) is 7.05. The van der Waals surface area contributed by atoms with Crippen LogP contribution in [0, 0.1) is 5.92 Å². The first-order valence-electron chi connectivity index (χ1n) is 6.44. The second-order valence-corrected chi connectivity index (χ2v) is 6.33. The van der Waals surface area contributed by atoms with Crippen LogP contribution in [0.3, 0.4) is 0 Å². The van der Waals surface area contributed by atoms with Crippen molar-refractivity contribution in [2.75, 3.05) is 26.0 Å². The van der Waals surface area contributed by atoms with E-state index in [0.29, 0.717) is 23.1 Å². The standard InChI is InChI=1S/C14H23NO3S/c1-11(2)8-15-9-12(16)10-19(17)14-7-5-4-6-13(14)18-3/h4-7,11-12,15-16H,8-10H2,1-3H3. The number of hydrogen-bond donors (Lipinski definition) is 2. The van der Waals surface area contributed by atoms with E-state index < -0.39 is 16.9 Å². The van der Waals surface area contributed by atoms with E-state index in [2.05, 4.69) is 19.2 Å². The van der Waals surface area contributed by atoms with Crippen LogP contribution in [0.1, 0.15) is 13.8 Å². The van der Waals surface area contributed by atoms with Crippen molar-refractivity contribution < 1.29 is 14.1 Å². The summed E-state index contributed by atoms with van der Waals surface area (Å²) in [6.07, 6.45) is -0.621. The van der Waals surface area contributed by atoms with Gasteiger partial charge in [0.2, 0.25) is 0 Å². The van der Waals surface area contributed by atoms with Crippen molar-refractivity contribution in [2.45, 2.75) is 24.8 Å². The average Bonchev–Trinajstić information content (AvgIpc) is 2.38. The minimum absolute atomic E-state index is 0.214. The van der Waals surface area contributed by atoms with E-state index in [4.69, 9.17) is 4.74 Å². The van der Waals surface area contributed by atoms with Crippen molar-refractivity contribution in [1.82, 2.24) is 5.32 Å². The summed E-state index contributed by atoms with van der Waals surface area (Å²) < 4.78 is 17.3. The second kappa shape index (κ2) is 8.30. The van der Waals surface area contributed by atoms with Crippen LogP contribution in [-0.2, 0) is 10.8 Å². The zero-order chi connectivity index (χ0) is 14.3. The van der Waals surface area contributed by atoms with E-state index in [-0.39, 0.29) is 5.75 Å². The lowest BCUT2D eigenvalue weighted by Gasteiger charge is -2.14. The van der Waals surface area contributed by atoms with Gasteiger partial charge in [-0.05, 0) is 24.6 Å². The van der Waals surface area contributed by atoms with Crippen molar-refractivity contribution >= 4 is 10.8 Å². The maximum absolute atomic E-state index is 12.2. The highest BCUT2D eigenvalue weighted by atomic mass is 32.2. The summed E-state index contributed by atoms with van der Waals surface area (Å²) in [7, 11) is 0.298. The van der Waals surface area contributed by atoms with E-state index in [1.54, 1.807) is 19.2 Å². The number of rotatable bonds is 8. The van der Waals surface area contributed by atoms with Crippen LogP contribution in [0.25, 0.3) is 0 Å². The molecule has 0 radical (unpaired) electrons. The third kappa shape index (κ3) is 5.72. The first kappa shape index (κ1) is 16.1. The van der Waals surface area contributed by atoms with Crippen LogP contribution in [0.15, 0.2) is 29.2 Å². The van der Waals surface area contributed by atoms with Gasteiger partial charge < -0.3 is 15.2 Å². The molecular formula is C14H23NO3S. The first-order chi connectivity index (χ1) is 9.04. The van der Waals surface area contributed by atoms with E-state index in [1.165, 1.54) is 0 Å². The van der Waals surface area contributed by atoms with Crippen molar-refractivity contribution in [1.29, 1.82) is 0 Å². The van der Waals surface area contributed by atoms with Gasteiger partial charge >= 0.3 is 0 Å². The van der Waals surface area contributed by atoms with Gasteiger partial charge in [-0.1, -0.05) is 26.0 Å². The summed E-state index contributed by atoms with van der Waals surface area (Å²) >= 11 is 0. The quantitative estimate of drug-likeness (QED) is 0.758. The lowest BCUT2D eigenvalue weighted by atomic mass is 10.2. The van der Waals surface area contributed by atoms with Gasteiger partial charge in [-0.25, -0.2) is 0 Å². The van der Waals surface area contributed by atoms with Crippen molar-refractivity contribution in [3.8, 4) is 5.75 Å². The number of hydrogen-bond acceptors (Lipinski definition) is 4. The molecule has 0 saturated carbocycles. The monoisotopic (exact) mass is 285 g/mol. The fourth-order valence-corrected chi connectivity index (χ4v) is 2.92. The summed E-state index contributed by atoms with van der Waals surface area (Å²) in [6.45, 7) is 5.51. The maximum atomic E-state index is 12.2. The molecule has 0 aromatic heterocycles. The van der Waals surface area contributed by atoms with Crippen LogP contribution in [0.2, 0.25) is 0 Å². The lowest BCUT2D eigenvalue weighted by molar-refractivity contribution is 0.193. The fraction of sp³-hybridized carbons (Fsp3) is 0.571. The smallest absolute Gasteiger partial charge is 0.134 e. The number of nitrogens with one attached hydrogen (secondary N) is 1. The molecule has 108 valence electrons. The van der Waals surface area contributed by atoms with Crippen LogP contribution >= 0.6 is 0 Å². The number of benzene rings is 1. The highest BCUT2D eigenvalue weighted by molar-refractivity contribution is 7.85. The molecule has 1 aromatic rings. The van der Waals surface area contributed by atoms with Crippen LogP contribution in [0.5, 0.6) is 5.75 Å². The molecule has 2 N–H and O–H groups in total. The zero-order valence-corrected chi connectivity index (χ0v) is 12.6. The highest BCUT2D eigenvalue weighted by Gasteiger charge is 2.14. The second-order valence-electron chi connectivity index (χ2n) is 4.87. The minimum atomic E-state index is -1.25. The number of aliphatic hydroxyl groups is 1. The molecule has 0 bridgehead atoms. The number of aliphatic hydroxyl groups excluding tert-OH is 1. The van der Waals surface area contributed by atoms with Gasteiger partial charge in [0.15, 0.2) is 0 Å². The topological polar surface area (TPSA) is 58.6 Å². The third-order valence-corrected chi connectivity index (χ3v) is 4.11. The van der Waals surface area contributed by atoms with E-state index in [9.17, 15) is 9.32 Å². The molecule has 0 aliphatic carbocycles. The Morgan fingerprint density at radius 1 is 1.32 bits per heavy atom. The van der Waals surface area contributed by atoms with E-state index in [1.807, 2.05) is 12.1 Å². The Labute approximate surface area is 117 Å². The summed E-state index contributed by atoms with van der Waals surface area (Å²) in [4.78, 5) is 0.632. The van der Waals surface area contributed by atoms with Gasteiger partial charge in [0.1, 0.15) is 5.75 Å². The molecule has 0 heterocycles. The molecule has 2 atom stereocenters. The molecule has 5 heteroatoms. The van der Waals surface area contributed by atoms with Crippen molar-refractivity contribution in [3.63, 3.8) is 0 Å². The predicted octanol–water partition coefficient (Wildman–Crippen LogP) is 1.41. The Morgan fingerprint density at radius 3 is 2.63 bits per heavy atom. The summed E-state index contributed by atoms with van der Waals surface area (Å²) in [6, 6.07) is 7.19. The first-order valence-corrected chi connectivity index (χ1v) is 7.76. The van der Waals surface area contributed by atoms with Gasteiger partial charge in [-0.2, -0.15) is 0 Å². The summed E-state index contributed by atoms with van der Waals surface area (Å²) in [5.41, 5.74) is 0. The number of para-hydroxylation sites is 1. The number of methoxy groups -OCH3 is 1. The molecule has 0 spiro atoms. The summed E-state index contributed by atoms with van der Waals surface area (Å²) in [5.74, 6) is 1.35. The predicted molar refractivity (Wildman–Crippen MR) is 78.0 cm³/mol. The third-order valence-electron chi connectivity index (χ3n) is 2.59. The van der Waals surface area contributed by atoms with E-state index >= 15 is 0 Å². The maximum Gasteiger partial charge on any atom is 0.134 e. The van der Waals surface area contributed by atoms with Crippen LogP contribution in [-0.4, -0.2) is 41.4 Å². The van der Waals surface area contributed by atoms with Gasteiger partial charge in [0.05, 0.1) is 34.7 Å². The lowest BCUT2D eigenvalue weighted by Crippen LogP contribution is -2.33. The highest BCUT2D eigenvalue weighted by Crippen LogP contribution is 2.21. The van der Waals surface area contributed by atoms with E-state index in [0.717, 1.165) is 6.54 Å². The molecule has 0 aliphatic heterocycles. The van der Waals surface area contributed by atoms with Crippen LogP contribution in [0.4, 0.5) is 0 Å². The largest absolute Gasteiger partial charge is 0.495 e. The van der Waals surface area contributed by atoms with Gasteiger partial charge in [-0.15, -0.1) is 0 Å². The molecule has 1 aromatic carbocycles. The van der Waals surface area contributed by atoms with Gasteiger partial charge in [-0.3, -0.25) is 4.21 Å². The average molecular weight is 285 g/mol. The Morgan fingerprint density at radius 2 is 2.00 bits per heavy atom. The fourth-order valence-electron chi connectivity index (χ4n) is 1.67. The molecule has 0 saturated heterocycles. The Balaban J connectivity index is 2.50. The molecule has 0 fully saturated rings. The van der Waals surface area contributed by atoms with Crippen molar-refractivity contribution in [3.05, 3.63) is 24.3 Å². The molecule has 19 heavy (non-hydrogen) atoms. The molecule has 1 rings (SSSR count). The van der Waals surface area contributed by atoms with Crippen molar-refractivity contribution in [2.24, 2.45) is 5.92 Å². The number of ether oxygens (including phenoxy) is 1. The Bertz CT molecular complexity index is 409. The molecule has 0 aliphatic rings. The molecular weight excluding hydrogens is 262 g/mol. The zero-order valence-electron chi connectivity index (χ0n) is 11.8. The SMILES string of the molecule is COc1ccccc1S(=O)CC(O)CNCC(C)C. The molecule has 2 unspecified atom stereocenters. The molecule has 4 nitrogen and oxygen atoms in total. The summed E-state index contributed by atoms with van der Waals surface area (Å²) in [5, 5.41) is 13.0. The Hall–Kier alpha value is -0.910.